The van der Waals surface area contributed by atoms with Crippen LogP contribution in [0.3, 0.4) is 0 Å². The molecule has 0 aliphatic carbocycles. The number of aromatic nitrogens is 2. The summed E-state index contributed by atoms with van der Waals surface area (Å²) in [5.41, 5.74) is 4.27. The number of benzene rings is 2. The van der Waals surface area contributed by atoms with Crippen molar-refractivity contribution in [2.75, 3.05) is 46.0 Å². The molecule has 2 N–H and O–H groups in total. The van der Waals surface area contributed by atoms with E-state index in [1.165, 1.54) is 5.69 Å². The number of hydrogen-bond acceptors (Lipinski definition) is 5. The number of rotatable bonds is 6. The van der Waals surface area contributed by atoms with Crippen LogP contribution in [-0.2, 0) is 14.9 Å². The van der Waals surface area contributed by atoms with E-state index in [2.05, 4.69) is 39.5 Å². The fourth-order valence-electron chi connectivity index (χ4n) is 4.98. The molecule has 0 bridgehead atoms. The van der Waals surface area contributed by atoms with Crippen molar-refractivity contribution in [2.24, 2.45) is 0 Å². The third kappa shape index (κ3) is 4.30. The van der Waals surface area contributed by atoms with E-state index in [-0.39, 0.29) is 17.3 Å². The Morgan fingerprint density at radius 1 is 1.16 bits per heavy atom. The van der Waals surface area contributed by atoms with Crippen molar-refractivity contribution in [1.29, 1.82) is 0 Å². The fraction of sp³-hybridized carbons (Fsp3) is 0.480. The van der Waals surface area contributed by atoms with Crippen molar-refractivity contribution in [3.05, 3.63) is 59.5 Å². The summed E-state index contributed by atoms with van der Waals surface area (Å²) < 4.78 is 25.6. The minimum atomic E-state index is -0.201. The summed E-state index contributed by atoms with van der Waals surface area (Å²) in [6.45, 7) is 7.84. The first-order valence-electron chi connectivity index (χ1n) is 11.5. The number of hydrogen-bond donors (Lipinski definition) is 2. The van der Waals surface area contributed by atoms with E-state index in [4.69, 9.17) is 9.47 Å². The van der Waals surface area contributed by atoms with Crippen LogP contribution in [0, 0.1) is 5.82 Å². The van der Waals surface area contributed by atoms with Gasteiger partial charge in [0.1, 0.15) is 19.0 Å². The SMILES string of the molecule is CC(OCC1(c2ccc(F)cc2)CCNCC1)c1cc([N+]2CCOCC2)cc2c[nH]nc12. The number of ether oxygens (including phenoxy) is 2. The van der Waals surface area contributed by atoms with Gasteiger partial charge >= 0.3 is 0 Å². The minimum absolute atomic E-state index is 0.111. The number of piperidine rings is 1. The normalized spacial score (nSPS) is 20.4. The van der Waals surface area contributed by atoms with Gasteiger partial charge in [0.15, 0.2) is 18.8 Å². The van der Waals surface area contributed by atoms with Crippen molar-refractivity contribution < 1.29 is 13.9 Å². The number of anilines is 1. The van der Waals surface area contributed by atoms with Crippen molar-refractivity contribution >= 4 is 16.6 Å². The van der Waals surface area contributed by atoms with Gasteiger partial charge in [-0.3, -0.25) is 5.10 Å². The topological polar surface area (TPSA) is 65.1 Å². The van der Waals surface area contributed by atoms with Crippen LogP contribution in [-0.4, -0.2) is 56.2 Å². The summed E-state index contributed by atoms with van der Waals surface area (Å²) in [7, 11) is 0. The number of fused-ring (bicyclic) bond motifs is 1. The highest BCUT2D eigenvalue weighted by Gasteiger charge is 2.35. The second-order valence-corrected chi connectivity index (χ2v) is 8.95. The summed E-state index contributed by atoms with van der Waals surface area (Å²) in [5.74, 6) is -0.201. The molecule has 0 saturated carbocycles. The molecule has 0 amide bonds. The number of halogens is 1. The van der Waals surface area contributed by atoms with Gasteiger partial charge in [-0.15, -0.1) is 4.90 Å². The van der Waals surface area contributed by atoms with Crippen LogP contribution < -0.4 is 10.2 Å². The van der Waals surface area contributed by atoms with Crippen LogP contribution in [0.1, 0.15) is 37.0 Å². The second-order valence-electron chi connectivity index (χ2n) is 8.95. The zero-order valence-corrected chi connectivity index (χ0v) is 18.6. The van der Waals surface area contributed by atoms with Gasteiger partial charge in [0, 0.05) is 34.7 Å². The second kappa shape index (κ2) is 9.27. The molecular formula is C25H31FN4O2+. The lowest BCUT2D eigenvalue weighted by Gasteiger charge is -2.38. The van der Waals surface area contributed by atoms with E-state index in [0.717, 1.165) is 74.3 Å². The summed E-state index contributed by atoms with van der Waals surface area (Å²) >= 11 is 0. The smallest absolute Gasteiger partial charge is 0.182 e. The van der Waals surface area contributed by atoms with Crippen LogP contribution in [0.25, 0.3) is 10.9 Å². The van der Waals surface area contributed by atoms with Crippen molar-refractivity contribution in [3.63, 3.8) is 0 Å². The van der Waals surface area contributed by atoms with Gasteiger partial charge in [0.05, 0.1) is 18.2 Å². The number of nitrogens with zero attached hydrogens (tertiary/aromatic N) is 2. The Bertz CT molecular complexity index is 1040. The Labute approximate surface area is 188 Å². The third-order valence-electron chi connectivity index (χ3n) is 6.99. The van der Waals surface area contributed by atoms with Crippen molar-refractivity contribution in [3.8, 4) is 0 Å². The van der Waals surface area contributed by atoms with Crippen molar-refractivity contribution in [2.45, 2.75) is 31.3 Å². The molecule has 169 valence electrons. The summed E-state index contributed by atoms with van der Waals surface area (Å²) in [5, 5.41) is 12.1. The first kappa shape index (κ1) is 21.5. The van der Waals surface area contributed by atoms with E-state index < -0.39 is 0 Å². The van der Waals surface area contributed by atoms with Crippen LogP contribution in [0.15, 0.2) is 42.6 Å². The molecule has 32 heavy (non-hydrogen) atoms. The minimum Gasteiger partial charge on any atom is -0.373 e. The highest BCUT2D eigenvalue weighted by atomic mass is 19.1. The molecule has 7 heteroatoms. The van der Waals surface area contributed by atoms with Gasteiger partial charge in [-0.2, -0.15) is 5.10 Å². The third-order valence-corrected chi connectivity index (χ3v) is 6.99. The maximum atomic E-state index is 13.6. The van der Waals surface area contributed by atoms with Crippen molar-refractivity contribution in [1.82, 2.24) is 20.4 Å². The van der Waals surface area contributed by atoms with E-state index in [9.17, 15) is 4.39 Å². The summed E-state index contributed by atoms with van der Waals surface area (Å²) in [6.07, 6.45) is 3.77. The molecule has 2 aromatic carbocycles. The van der Waals surface area contributed by atoms with Crippen LogP contribution in [0.4, 0.5) is 10.1 Å². The first-order chi connectivity index (χ1) is 15.6. The van der Waals surface area contributed by atoms with Gasteiger partial charge in [0.25, 0.3) is 0 Å². The molecule has 1 atom stereocenters. The molecule has 2 fully saturated rings. The molecule has 0 spiro atoms. The number of H-pyrrole nitrogens is 1. The molecule has 2 aliphatic rings. The van der Waals surface area contributed by atoms with Gasteiger partial charge < -0.3 is 14.8 Å². The summed E-state index contributed by atoms with van der Waals surface area (Å²) in [6, 6.07) is 11.3. The Kier molecular flexibility index (Phi) is 6.24. The molecule has 2 aliphatic heterocycles. The number of aromatic amines is 1. The predicted octanol–water partition coefficient (Wildman–Crippen LogP) is 3.90. The van der Waals surface area contributed by atoms with E-state index in [0.29, 0.717) is 6.61 Å². The average Bonchev–Trinajstić information content (AvgIpc) is 3.32. The molecular weight excluding hydrogens is 407 g/mol. The quantitative estimate of drug-likeness (QED) is 0.573. The lowest BCUT2D eigenvalue weighted by Crippen LogP contribution is -2.43. The molecule has 3 aromatic rings. The monoisotopic (exact) mass is 438 g/mol. The Morgan fingerprint density at radius 2 is 1.91 bits per heavy atom. The van der Waals surface area contributed by atoms with Gasteiger partial charge in [-0.1, -0.05) is 12.1 Å². The Balaban J connectivity index is 1.40. The van der Waals surface area contributed by atoms with E-state index >= 15 is 0 Å². The van der Waals surface area contributed by atoms with E-state index in [1.807, 2.05) is 18.3 Å². The molecule has 1 radical (unpaired) electrons. The predicted molar refractivity (Wildman–Crippen MR) is 123 cm³/mol. The fourth-order valence-corrected chi connectivity index (χ4v) is 4.98. The van der Waals surface area contributed by atoms with Crippen LogP contribution >= 0.6 is 0 Å². The largest absolute Gasteiger partial charge is 0.373 e. The zero-order chi connectivity index (χ0) is 22.0. The molecule has 6 nitrogen and oxygen atoms in total. The maximum Gasteiger partial charge on any atom is 0.182 e. The zero-order valence-electron chi connectivity index (χ0n) is 18.6. The highest BCUT2D eigenvalue weighted by molar-refractivity contribution is 5.85. The van der Waals surface area contributed by atoms with Gasteiger partial charge in [-0.25, -0.2) is 4.39 Å². The van der Waals surface area contributed by atoms with Gasteiger partial charge in [-0.05, 0) is 50.6 Å². The lowest BCUT2D eigenvalue weighted by molar-refractivity contribution is 0.0172. The maximum absolute atomic E-state index is 13.6. The lowest BCUT2D eigenvalue weighted by atomic mass is 9.74. The van der Waals surface area contributed by atoms with E-state index in [1.54, 1.807) is 12.1 Å². The van der Waals surface area contributed by atoms with Crippen LogP contribution in [0.5, 0.6) is 0 Å². The molecule has 3 heterocycles. The van der Waals surface area contributed by atoms with Crippen LogP contribution in [0.2, 0.25) is 0 Å². The molecule has 1 aromatic heterocycles. The molecule has 1 unspecified atom stereocenters. The molecule has 2 saturated heterocycles. The average molecular weight is 439 g/mol. The van der Waals surface area contributed by atoms with Gasteiger partial charge in [0.2, 0.25) is 0 Å². The number of morpholine rings is 1. The standard InChI is InChI=1S/C25H31FN4O2/c1-18(32-17-25(6-8-27-9-7-25)20-2-4-21(26)5-3-20)23-15-22(30-10-12-31-13-11-30)14-19-16-28-29-24(19)23/h2-5,14-16,18,27H,6-13,17H2,1H3,(H,28,29)/q+1. The first-order valence-corrected chi connectivity index (χ1v) is 11.5. The Morgan fingerprint density at radius 3 is 2.66 bits per heavy atom. The molecule has 5 rings (SSSR count). The highest BCUT2D eigenvalue weighted by Crippen LogP contribution is 2.37. The number of nitrogens with one attached hydrogen (secondary N) is 2. The summed E-state index contributed by atoms with van der Waals surface area (Å²) in [4.78, 5) is 2.36. The Hall–Kier alpha value is -2.32.